The highest BCUT2D eigenvalue weighted by Gasteiger charge is 2.33. The maximum atomic E-state index is 14.5. The van der Waals surface area contributed by atoms with Crippen molar-refractivity contribution in [2.24, 2.45) is 0 Å². The molecule has 0 aliphatic carbocycles. The minimum absolute atomic E-state index is 0.00336. The summed E-state index contributed by atoms with van der Waals surface area (Å²) in [6, 6.07) is 62.3. The maximum absolute atomic E-state index is 14.5. The molecule has 144 heavy (non-hydrogen) atoms. The molecule has 0 fully saturated rings. The number of sulfone groups is 5. The third-order valence-corrected chi connectivity index (χ3v) is 30.7. The Morgan fingerprint density at radius 2 is 0.708 bits per heavy atom. The fraction of sp³-hybridized carbons (Fsp3) is 0.110. The molecule has 0 bridgehead atoms. The molecule has 0 spiro atoms. The van der Waals surface area contributed by atoms with E-state index < -0.39 is 205 Å². The Kier molecular flexibility index (Phi) is 39.2. The Morgan fingerprint density at radius 3 is 1.11 bits per heavy atom. The van der Waals surface area contributed by atoms with Gasteiger partial charge in [-0.3, -0.25) is 0 Å². The number of carboxylic acid groups (broad SMARTS) is 2. The van der Waals surface area contributed by atoms with E-state index in [1.54, 1.807) is 110 Å². The number of rotatable bonds is 29. The Morgan fingerprint density at radius 1 is 0.347 bits per heavy atom. The summed E-state index contributed by atoms with van der Waals surface area (Å²) in [5.74, 6) is -16.4. The summed E-state index contributed by atoms with van der Waals surface area (Å²) in [5.41, 5.74) is 2.57. The van der Waals surface area contributed by atoms with Crippen LogP contribution in [0.5, 0.6) is 23.0 Å². The summed E-state index contributed by atoms with van der Waals surface area (Å²) < 4.78 is 268. The number of hydrogen-bond acceptors (Lipinski definition) is 21. The average molecular weight is 2280 g/mol. The first kappa shape index (κ1) is 113. The van der Waals surface area contributed by atoms with E-state index in [1.165, 1.54) is 79.9 Å². The zero-order chi connectivity index (χ0) is 106. The summed E-state index contributed by atoms with van der Waals surface area (Å²) in [6.07, 6.45) is 0. The van der Waals surface area contributed by atoms with Crippen LogP contribution in [0.25, 0.3) is 44.5 Å². The Labute approximate surface area is 862 Å². The standard InChI is InChI=1S/C22H17BrClFO5S.C22H16Cl2F2O5S.C21H14Cl2F2O5S.C20H12ClF2NO2S.C15H12ClFO5S/c1-29-21(26)12-30-22-18(23)10-17(24)11-20(22)31(27,28)13-16-9-15(7-8-19(16)25)14-5-3-2-4-6-14;1-30-21(27)11-31-22-17(24)8-15(23)9-20(22)32(28,29)12-14-7-16(19(26)10-18(14)25)13-5-3-2-4-6-13;22-14-7-16(23)21(30-10-20(26)27)19(8-14)31(28,29)11-13-6-15(18(25)9-17(13)24)12-4-2-1-3-5-12;21-16-6-13(11-24)7-17(9-16)27(25,26)12-15-8-18(20(23)10-19(15)22)14-4-2-1-3-5-14;1-8-2-3-9(12(17)4-8)7-23(21,22)13-6-10(15(19)20)5-11(16)14(13)18/h2-11H,12-13H2,1H3;2-10H,11-12H2,1H3;1-9H,10-11H2,(H,26,27);1-10H,12H2;2-6,18H,7H2,1H3,(H,19,20). The number of aromatic hydroxyl groups is 1. The monoisotopic (exact) mass is 2270 g/mol. The van der Waals surface area contributed by atoms with Crippen LogP contribution in [-0.4, -0.2) is 115 Å². The number of hydrogen-bond donors (Lipinski definition) is 3. The molecule has 0 amide bonds. The molecule has 0 unspecified atom stereocenters. The molecular weight excluding hydrogens is 2210 g/mol. The number of carboxylic acids is 2. The molecule has 14 rings (SSSR count). The molecule has 0 atom stereocenters. The predicted molar refractivity (Wildman–Crippen MR) is 529 cm³/mol. The number of ether oxygens (including phenoxy) is 5. The molecular formula is C100H71BrCl7F8NO22S5. The molecule has 0 saturated carbocycles. The first-order chi connectivity index (χ1) is 67.8. The second-order valence-electron chi connectivity index (χ2n) is 30.4. The highest BCUT2D eigenvalue weighted by Crippen LogP contribution is 2.44. The normalized spacial score (nSPS) is 11.3. The zero-order valence-corrected chi connectivity index (χ0v) is 85.1. The number of aromatic carboxylic acids is 1. The maximum Gasteiger partial charge on any atom is 0.343 e. The van der Waals surface area contributed by atoms with Crippen molar-refractivity contribution in [3.05, 3.63) is 392 Å². The molecule has 0 radical (unpaired) electrons. The van der Waals surface area contributed by atoms with E-state index in [9.17, 15) is 101 Å². The van der Waals surface area contributed by atoms with Gasteiger partial charge in [0.2, 0.25) is 0 Å². The van der Waals surface area contributed by atoms with Crippen molar-refractivity contribution in [3.63, 3.8) is 0 Å². The van der Waals surface area contributed by atoms with E-state index in [4.69, 9.17) is 111 Å². The lowest BCUT2D eigenvalue weighted by molar-refractivity contribution is -0.143. The van der Waals surface area contributed by atoms with Crippen molar-refractivity contribution in [2.75, 3.05) is 34.0 Å². The van der Waals surface area contributed by atoms with Crippen molar-refractivity contribution in [3.8, 4) is 73.6 Å². The fourth-order valence-corrected chi connectivity index (χ4v) is 23.9. The Bertz CT molecular complexity index is 7920. The van der Waals surface area contributed by atoms with Gasteiger partial charge in [-0.2, -0.15) is 5.26 Å². The second kappa shape index (κ2) is 49.8. The quantitative estimate of drug-likeness (QED) is 0.0289. The number of carbonyl (C=O) groups is 4. The van der Waals surface area contributed by atoms with Crippen molar-refractivity contribution >= 4 is 170 Å². The van der Waals surface area contributed by atoms with Gasteiger partial charge >= 0.3 is 23.9 Å². The lowest BCUT2D eigenvalue weighted by Crippen LogP contribution is -2.15. The van der Waals surface area contributed by atoms with Gasteiger partial charge in [0.25, 0.3) is 0 Å². The smallest absolute Gasteiger partial charge is 0.343 e. The molecule has 0 aromatic heterocycles. The van der Waals surface area contributed by atoms with Crippen LogP contribution < -0.4 is 14.2 Å². The first-order valence-electron chi connectivity index (χ1n) is 40.8. The first-order valence-corrected chi connectivity index (χ1v) is 52.5. The highest BCUT2D eigenvalue weighted by atomic mass is 79.9. The van der Waals surface area contributed by atoms with Gasteiger partial charge in [0.15, 0.2) is 92.0 Å². The molecule has 14 aromatic carbocycles. The summed E-state index contributed by atoms with van der Waals surface area (Å²) in [7, 11) is -18.6. The van der Waals surface area contributed by atoms with Gasteiger partial charge in [-0.25, -0.2) is 96.4 Å². The number of phenolic OH excluding ortho intramolecular Hbond substituents is 1. The van der Waals surface area contributed by atoms with Crippen molar-refractivity contribution in [2.45, 2.75) is 60.2 Å². The lowest BCUT2D eigenvalue weighted by Gasteiger charge is -2.15. The van der Waals surface area contributed by atoms with Crippen LogP contribution in [0, 0.1) is 64.8 Å². The minimum atomic E-state index is -4.32. The Balaban J connectivity index is 0.000000186. The molecule has 14 aromatic rings. The molecule has 23 nitrogen and oxygen atoms in total. The van der Waals surface area contributed by atoms with Crippen LogP contribution >= 0.6 is 97.1 Å². The van der Waals surface area contributed by atoms with Crippen molar-refractivity contribution < 1.29 is 135 Å². The van der Waals surface area contributed by atoms with E-state index in [1.807, 2.05) is 36.4 Å². The molecule has 750 valence electrons. The number of nitriles is 1. The number of halogens is 16. The van der Waals surface area contributed by atoms with Gasteiger partial charge in [0.05, 0.1) is 84.6 Å². The number of carbonyl (C=O) groups excluding carboxylic acids is 2. The third kappa shape index (κ3) is 30.3. The molecule has 0 aliphatic heterocycles. The highest BCUT2D eigenvalue weighted by molar-refractivity contribution is 9.10. The fourth-order valence-electron chi connectivity index (χ4n) is 13.3. The number of nitrogens with zero attached hydrogens (tertiary/aromatic N) is 1. The number of phenols is 1. The van der Waals surface area contributed by atoms with E-state index >= 15 is 0 Å². The van der Waals surface area contributed by atoms with Crippen LogP contribution in [0.2, 0.25) is 35.2 Å². The largest absolute Gasteiger partial charge is 0.505 e. The van der Waals surface area contributed by atoms with Gasteiger partial charge in [-0.05, 0) is 159 Å². The van der Waals surface area contributed by atoms with Gasteiger partial charge in [0, 0.05) is 82.8 Å². The van der Waals surface area contributed by atoms with Crippen LogP contribution in [0.4, 0.5) is 35.1 Å². The third-order valence-electron chi connectivity index (χ3n) is 20.1. The van der Waals surface area contributed by atoms with Crippen LogP contribution in [0.3, 0.4) is 0 Å². The van der Waals surface area contributed by atoms with E-state index in [2.05, 4.69) is 25.4 Å². The van der Waals surface area contributed by atoms with Crippen molar-refractivity contribution in [1.29, 1.82) is 5.26 Å². The van der Waals surface area contributed by atoms with Crippen LogP contribution in [0.15, 0.2) is 290 Å². The van der Waals surface area contributed by atoms with E-state index in [-0.39, 0.29) is 106 Å². The summed E-state index contributed by atoms with van der Waals surface area (Å²) >= 11 is 44.7. The molecule has 0 saturated heterocycles. The number of esters is 2. The van der Waals surface area contributed by atoms with Gasteiger partial charge < -0.3 is 39.0 Å². The van der Waals surface area contributed by atoms with Gasteiger partial charge in [-0.15, -0.1) is 0 Å². The number of aliphatic carboxylic acids is 1. The zero-order valence-electron chi connectivity index (χ0n) is 74.1. The topological polar surface area (TPSA) is 370 Å². The van der Waals surface area contributed by atoms with Crippen molar-refractivity contribution in [1.82, 2.24) is 0 Å². The molecule has 3 N–H and O–H groups in total. The average Bonchev–Trinajstić information content (AvgIpc) is 0.814. The lowest BCUT2D eigenvalue weighted by atomic mass is 10.0. The summed E-state index contributed by atoms with van der Waals surface area (Å²) in [6.45, 7) is -0.309. The molecule has 0 heterocycles. The molecule has 0 aliphatic rings. The van der Waals surface area contributed by atoms with Crippen LogP contribution in [-0.2, 0) is 102 Å². The summed E-state index contributed by atoms with van der Waals surface area (Å²) in [5, 5.41) is 35.9. The number of methoxy groups -OCH3 is 2. The van der Waals surface area contributed by atoms with Gasteiger partial charge in [-0.1, -0.05) is 221 Å². The molecule has 44 heteroatoms. The van der Waals surface area contributed by atoms with E-state index in [0.29, 0.717) is 46.0 Å². The summed E-state index contributed by atoms with van der Waals surface area (Å²) in [4.78, 5) is 42.6. The minimum Gasteiger partial charge on any atom is -0.505 e. The second-order valence-corrected chi connectivity index (χ2v) is 44.0. The SMILES string of the molecule is COC(=O)COc1c(Br)cc(Cl)cc1S(=O)(=O)Cc1cc(-c2ccccc2)ccc1F.COC(=O)COc1c(Cl)cc(Cl)cc1S(=O)(=O)Cc1cc(-c2ccccc2)c(F)cc1F.Cc1ccc(CS(=O)(=O)c2cc(C(=O)O)cc(Cl)c2O)c(F)c1.N#Cc1cc(Cl)cc(S(=O)(=O)Cc2cc(-c3ccccc3)c(F)cc2F)c1.O=C(O)COc1c(Cl)cc(Cl)cc1S(=O)(=O)Cc1cc(-c2ccccc2)c(F)cc1F. The number of aryl methyl sites for hydroxylation is 1. The van der Waals surface area contributed by atoms with Crippen LogP contribution in [0.1, 0.15) is 49.3 Å². The predicted octanol–water partition coefficient (Wildman–Crippen LogP) is 24.6. The Hall–Kier alpha value is -12.7. The van der Waals surface area contributed by atoms with E-state index in [0.717, 1.165) is 49.1 Å². The van der Waals surface area contributed by atoms with Gasteiger partial charge in [0.1, 0.15) is 66.1 Å². The number of benzene rings is 14.